The first kappa shape index (κ1) is 14.0. The Morgan fingerprint density at radius 1 is 1.37 bits per heavy atom. The Labute approximate surface area is 116 Å². The highest BCUT2D eigenvalue weighted by molar-refractivity contribution is 7.10. The zero-order chi connectivity index (χ0) is 13.5. The molecule has 2 heterocycles. The minimum absolute atomic E-state index is 0.0196. The van der Waals surface area contributed by atoms with Gasteiger partial charge in [0.15, 0.2) is 0 Å². The van der Waals surface area contributed by atoms with Gasteiger partial charge in [0, 0.05) is 24.6 Å². The zero-order valence-electron chi connectivity index (χ0n) is 10.7. The molecular formula is C13H18N2O3S. The van der Waals surface area contributed by atoms with Crippen molar-refractivity contribution in [2.24, 2.45) is 0 Å². The fraction of sp³-hybridized carbons (Fsp3) is 0.538. The second-order valence-electron chi connectivity index (χ2n) is 4.40. The normalized spacial score (nSPS) is 18.2. The monoisotopic (exact) mass is 282 g/mol. The van der Waals surface area contributed by atoms with E-state index in [0.29, 0.717) is 26.1 Å². The van der Waals surface area contributed by atoms with Crippen LogP contribution in [-0.2, 0) is 20.7 Å². The molecule has 1 aromatic heterocycles. The summed E-state index contributed by atoms with van der Waals surface area (Å²) in [5.41, 5.74) is 0. The maximum Gasteiger partial charge on any atom is 0.249 e. The fourth-order valence-electron chi connectivity index (χ4n) is 1.92. The van der Waals surface area contributed by atoms with Crippen molar-refractivity contribution in [1.82, 2.24) is 10.6 Å². The average Bonchev–Trinajstić information content (AvgIpc) is 3.06. The summed E-state index contributed by atoms with van der Waals surface area (Å²) >= 11 is 1.57. The Morgan fingerprint density at radius 2 is 2.21 bits per heavy atom. The Hall–Kier alpha value is -1.40. The molecule has 2 rings (SSSR count). The molecule has 1 aliphatic heterocycles. The minimum atomic E-state index is -0.304. The SMILES string of the molecule is O=C(Cc1cccs1)NCCNC(=O)C1CCCO1. The summed E-state index contributed by atoms with van der Waals surface area (Å²) in [4.78, 5) is 24.2. The molecule has 1 saturated heterocycles. The standard InChI is InChI=1S/C13H18N2O3S/c16-12(9-10-3-2-8-19-10)14-5-6-15-13(17)11-4-1-7-18-11/h2-3,8,11H,1,4-7,9H2,(H,14,16)(H,15,17). The van der Waals surface area contributed by atoms with Gasteiger partial charge in [0.05, 0.1) is 6.42 Å². The van der Waals surface area contributed by atoms with Crippen LogP contribution in [0.4, 0.5) is 0 Å². The molecule has 104 valence electrons. The minimum Gasteiger partial charge on any atom is -0.368 e. The molecule has 0 saturated carbocycles. The summed E-state index contributed by atoms with van der Waals surface area (Å²) in [6.07, 6.45) is 1.82. The van der Waals surface area contributed by atoms with Gasteiger partial charge in [0.2, 0.25) is 11.8 Å². The molecule has 1 unspecified atom stereocenters. The number of thiophene rings is 1. The van der Waals surface area contributed by atoms with E-state index in [2.05, 4.69) is 10.6 Å². The van der Waals surface area contributed by atoms with Crippen molar-refractivity contribution in [2.75, 3.05) is 19.7 Å². The van der Waals surface area contributed by atoms with Crippen LogP contribution >= 0.6 is 11.3 Å². The molecule has 2 amide bonds. The van der Waals surface area contributed by atoms with Gasteiger partial charge >= 0.3 is 0 Å². The number of hydrogen-bond donors (Lipinski definition) is 2. The van der Waals surface area contributed by atoms with Crippen molar-refractivity contribution in [2.45, 2.75) is 25.4 Å². The quantitative estimate of drug-likeness (QED) is 0.755. The summed E-state index contributed by atoms with van der Waals surface area (Å²) in [6.45, 7) is 1.55. The predicted molar refractivity (Wildman–Crippen MR) is 73.0 cm³/mol. The molecule has 6 heteroatoms. The highest BCUT2D eigenvalue weighted by atomic mass is 32.1. The van der Waals surface area contributed by atoms with Gasteiger partial charge in [-0.2, -0.15) is 0 Å². The van der Waals surface area contributed by atoms with Crippen LogP contribution in [0.25, 0.3) is 0 Å². The molecule has 0 bridgehead atoms. The lowest BCUT2D eigenvalue weighted by atomic mass is 10.2. The third kappa shape index (κ3) is 4.65. The highest BCUT2D eigenvalue weighted by Crippen LogP contribution is 2.11. The molecule has 1 fully saturated rings. The van der Waals surface area contributed by atoms with Crippen molar-refractivity contribution < 1.29 is 14.3 Å². The van der Waals surface area contributed by atoms with Crippen LogP contribution in [0.5, 0.6) is 0 Å². The van der Waals surface area contributed by atoms with E-state index in [-0.39, 0.29) is 17.9 Å². The van der Waals surface area contributed by atoms with Crippen LogP contribution in [0.15, 0.2) is 17.5 Å². The van der Waals surface area contributed by atoms with Gasteiger partial charge in [-0.05, 0) is 24.3 Å². The molecule has 19 heavy (non-hydrogen) atoms. The molecule has 0 spiro atoms. The molecule has 5 nitrogen and oxygen atoms in total. The van der Waals surface area contributed by atoms with E-state index in [1.165, 1.54) is 0 Å². The molecule has 1 aromatic rings. The third-order valence-corrected chi connectivity index (χ3v) is 3.76. The van der Waals surface area contributed by atoms with E-state index in [9.17, 15) is 9.59 Å². The number of carbonyl (C=O) groups excluding carboxylic acids is 2. The zero-order valence-corrected chi connectivity index (χ0v) is 11.5. The smallest absolute Gasteiger partial charge is 0.249 e. The van der Waals surface area contributed by atoms with Gasteiger partial charge in [-0.25, -0.2) is 0 Å². The van der Waals surface area contributed by atoms with Gasteiger partial charge < -0.3 is 15.4 Å². The molecule has 0 aromatic carbocycles. The first-order valence-corrected chi connectivity index (χ1v) is 7.32. The summed E-state index contributed by atoms with van der Waals surface area (Å²) in [7, 11) is 0. The maximum absolute atomic E-state index is 11.6. The first-order chi connectivity index (χ1) is 9.25. The number of hydrogen-bond acceptors (Lipinski definition) is 4. The van der Waals surface area contributed by atoms with Gasteiger partial charge in [-0.1, -0.05) is 6.07 Å². The van der Waals surface area contributed by atoms with Crippen LogP contribution in [0.1, 0.15) is 17.7 Å². The Bertz CT molecular complexity index is 414. The lowest BCUT2D eigenvalue weighted by Gasteiger charge is -2.10. The maximum atomic E-state index is 11.6. The molecular weight excluding hydrogens is 264 g/mol. The second-order valence-corrected chi connectivity index (χ2v) is 5.43. The number of ether oxygens (including phenoxy) is 1. The Balaban J connectivity index is 1.56. The fourth-order valence-corrected chi connectivity index (χ4v) is 2.62. The predicted octanol–water partition coefficient (Wildman–Crippen LogP) is 0.702. The second kappa shape index (κ2) is 7.25. The van der Waals surface area contributed by atoms with E-state index < -0.39 is 0 Å². The van der Waals surface area contributed by atoms with Crippen molar-refractivity contribution in [3.63, 3.8) is 0 Å². The molecule has 2 N–H and O–H groups in total. The topological polar surface area (TPSA) is 67.4 Å². The summed E-state index contributed by atoms with van der Waals surface area (Å²) in [5, 5.41) is 7.49. The van der Waals surface area contributed by atoms with Gasteiger partial charge in [0.1, 0.15) is 6.10 Å². The Morgan fingerprint density at radius 3 is 2.89 bits per heavy atom. The van der Waals surface area contributed by atoms with Crippen LogP contribution in [-0.4, -0.2) is 37.6 Å². The molecule has 1 aliphatic rings. The van der Waals surface area contributed by atoms with E-state index in [4.69, 9.17) is 4.74 Å². The van der Waals surface area contributed by atoms with E-state index in [0.717, 1.165) is 17.7 Å². The van der Waals surface area contributed by atoms with Crippen molar-refractivity contribution in [3.05, 3.63) is 22.4 Å². The first-order valence-electron chi connectivity index (χ1n) is 6.44. The molecule has 0 aliphatic carbocycles. The molecule has 0 radical (unpaired) electrons. The number of rotatable bonds is 6. The summed E-state index contributed by atoms with van der Waals surface area (Å²) in [6, 6.07) is 3.86. The highest BCUT2D eigenvalue weighted by Gasteiger charge is 2.22. The lowest BCUT2D eigenvalue weighted by Crippen LogP contribution is -2.39. The lowest BCUT2D eigenvalue weighted by molar-refractivity contribution is -0.130. The van der Waals surface area contributed by atoms with Crippen molar-refractivity contribution >= 4 is 23.2 Å². The van der Waals surface area contributed by atoms with Crippen LogP contribution in [0.2, 0.25) is 0 Å². The third-order valence-electron chi connectivity index (χ3n) is 2.88. The van der Waals surface area contributed by atoms with Gasteiger partial charge in [-0.3, -0.25) is 9.59 Å². The van der Waals surface area contributed by atoms with Crippen LogP contribution in [0, 0.1) is 0 Å². The van der Waals surface area contributed by atoms with Crippen molar-refractivity contribution in [3.8, 4) is 0 Å². The molecule has 1 atom stereocenters. The summed E-state index contributed by atoms with van der Waals surface area (Å²) < 4.78 is 5.26. The van der Waals surface area contributed by atoms with Gasteiger partial charge in [-0.15, -0.1) is 11.3 Å². The average molecular weight is 282 g/mol. The largest absolute Gasteiger partial charge is 0.368 e. The van der Waals surface area contributed by atoms with E-state index in [1.54, 1.807) is 11.3 Å². The number of nitrogens with one attached hydrogen (secondary N) is 2. The van der Waals surface area contributed by atoms with E-state index in [1.807, 2.05) is 17.5 Å². The van der Waals surface area contributed by atoms with Crippen LogP contribution in [0.3, 0.4) is 0 Å². The Kier molecular flexibility index (Phi) is 5.35. The summed E-state index contributed by atoms with van der Waals surface area (Å²) in [5.74, 6) is -0.0983. The van der Waals surface area contributed by atoms with Crippen LogP contribution < -0.4 is 10.6 Å². The van der Waals surface area contributed by atoms with E-state index >= 15 is 0 Å². The van der Waals surface area contributed by atoms with Gasteiger partial charge in [0.25, 0.3) is 0 Å². The number of amides is 2. The number of carbonyl (C=O) groups is 2. The van der Waals surface area contributed by atoms with Crippen molar-refractivity contribution in [1.29, 1.82) is 0 Å².